The van der Waals surface area contributed by atoms with E-state index in [9.17, 15) is 0 Å². The van der Waals surface area contributed by atoms with Crippen LogP contribution in [0.1, 0.15) is 24.1 Å². The van der Waals surface area contributed by atoms with Crippen LogP contribution in [0.5, 0.6) is 11.5 Å². The first-order valence-electron chi connectivity index (χ1n) is 6.51. The van der Waals surface area contributed by atoms with Gasteiger partial charge in [-0.05, 0) is 35.9 Å². The van der Waals surface area contributed by atoms with Gasteiger partial charge in [0.1, 0.15) is 11.5 Å². The topological polar surface area (TPSA) is 56.3 Å². The van der Waals surface area contributed by atoms with Crippen LogP contribution in [0.3, 0.4) is 0 Å². The average Bonchev–Trinajstić information content (AvgIpc) is 2.52. The van der Waals surface area contributed by atoms with Gasteiger partial charge in [-0.2, -0.15) is 10.2 Å². The fourth-order valence-corrected chi connectivity index (χ4v) is 2.10. The lowest BCUT2D eigenvalue weighted by atomic mass is 10.00. The van der Waals surface area contributed by atoms with E-state index in [1.807, 2.05) is 24.3 Å². The van der Waals surface area contributed by atoms with Gasteiger partial charge in [0, 0.05) is 12.3 Å². The highest BCUT2D eigenvalue weighted by Gasteiger charge is 2.15. The molecule has 0 saturated heterocycles. The summed E-state index contributed by atoms with van der Waals surface area (Å²) in [6.07, 6.45) is 3.45. The van der Waals surface area contributed by atoms with Crippen molar-refractivity contribution in [2.45, 2.75) is 13.0 Å². The van der Waals surface area contributed by atoms with Crippen LogP contribution in [0, 0.1) is 0 Å². The Morgan fingerprint density at radius 2 is 1.75 bits per heavy atom. The Hall–Kier alpha value is -2.14. The first-order chi connectivity index (χ1) is 9.78. The summed E-state index contributed by atoms with van der Waals surface area (Å²) >= 11 is 0. The third-order valence-corrected chi connectivity index (χ3v) is 3.06. The van der Waals surface area contributed by atoms with Crippen LogP contribution < -0.4 is 14.8 Å². The molecular formula is C15H19N3O2. The zero-order valence-corrected chi connectivity index (χ0v) is 12.0. The van der Waals surface area contributed by atoms with Gasteiger partial charge in [0.2, 0.25) is 0 Å². The maximum absolute atomic E-state index is 5.33. The minimum atomic E-state index is 0.0273. The van der Waals surface area contributed by atoms with Crippen molar-refractivity contribution in [3.05, 3.63) is 47.8 Å². The summed E-state index contributed by atoms with van der Waals surface area (Å²) in [5.41, 5.74) is 2.12. The Morgan fingerprint density at radius 3 is 2.25 bits per heavy atom. The number of aromatic nitrogens is 2. The predicted molar refractivity (Wildman–Crippen MR) is 77.1 cm³/mol. The van der Waals surface area contributed by atoms with Crippen LogP contribution in [0.4, 0.5) is 0 Å². The zero-order chi connectivity index (χ0) is 14.4. The fourth-order valence-electron chi connectivity index (χ4n) is 2.10. The van der Waals surface area contributed by atoms with Gasteiger partial charge in [-0.25, -0.2) is 0 Å². The number of nitrogens with zero attached hydrogens (tertiary/aromatic N) is 2. The fraction of sp³-hybridized carbons (Fsp3) is 0.333. The highest BCUT2D eigenvalue weighted by Crippen LogP contribution is 2.29. The van der Waals surface area contributed by atoms with Crippen LogP contribution in [0.25, 0.3) is 0 Å². The Bertz CT molecular complexity index is 524. The minimum Gasteiger partial charge on any atom is -0.497 e. The molecule has 0 aliphatic carbocycles. The van der Waals surface area contributed by atoms with E-state index >= 15 is 0 Å². The standard InChI is InChI=1S/C15H19N3O2/c1-4-16-15(11-5-6-17-18-10-11)12-7-13(19-2)9-14(8-12)20-3/h5-10,15-16H,4H2,1-3H3. The molecule has 5 heteroatoms. The van der Waals surface area contributed by atoms with Gasteiger partial charge in [-0.1, -0.05) is 6.92 Å². The molecule has 5 nitrogen and oxygen atoms in total. The molecule has 2 rings (SSSR count). The molecule has 2 aromatic rings. The second kappa shape index (κ2) is 6.86. The molecule has 0 aliphatic heterocycles. The van der Waals surface area contributed by atoms with Crippen LogP contribution >= 0.6 is 0 Å². The summed E-state index contributed by atoms with van der Waals surface area (Å²) in [5.74, 6) is 1.54. The molecular weight excluding hydrogens is 254 g/mol. The van der Waals surface area contributed by atoms with Crippen LogP contribution in [0.2, 0.25) is 0 Å². The lowest BCUT2D eigenvalue weighted by Crippen LogP contribution is -2.22. The van der Waals surface area contributed by atoms with Crippen molar-refractivity contribution < 1.29 is 9.47 Å². The van der Waals surface area contributed by atoms with Crippen molar-refractivity contribution in [3.63, 3.8) is 0 Å². The van der Waals surface area contributed by atoms with Gasteiger partial charge in [0.15, 0.2) is 0 Å². The van der Waals surface area contributed by atoms with E-state index in [-0.39, 0.29) is 6.04 Å². The number of hydrogen-bond acceptors (Lipinski definition) is 5. The summed E-state index contributed by atoms with van der Waals surface area (Å²) in [7, 11) is 3.30. The van der Waals surface area contributed by atoms with Gasteiger partial charge >= 0.3 is 0 Å². The summed E-state index contributed by atoms with van der Waals surface area (Å²) in [6, 6.07) is 7.83. The first kappa shape index (κ1) is 14.3. The Morgan fingerprint density at radius 1 is 1.05 bits per heavy atom. The van der Waals surface area contributed by atoms with Crippen LogP contribution in [0.15, 0.2) is 36.7 Å². The average molecular weight is 273 g/mol. The number of hydrogen-bond donors (Lipinski definition) is 1. The number of nitrogens with one attached hydrogen (secondary N) is 1. The van der Waals surface area contributed by atoms with Crippen molar-refractivity contribution in [1.29, 1.82) is 0 Å². The third-order valence-electron chi connectivity index (χ3n) is 3.06. The van der Waals surface area contributed by atoms with Crippen molar-refractivity contribution in [2.75, 3.05) is 20.8 Å². The predicted octanol–water partition coefficient (Wildman–Crippen LogP) is 2.19. The number of benzene rings is 1. The highest BCUT2D eigenvalue weighted by atomic mass is 16.5. The maximum Gasteiger partial charge on any atom is 0.122 e. The van der Waals surface area contributed by atoms with E-state index in [0.717, 1.165) is 29.2 Å². The van der Waals surface area contributed by atoms with Gasteiger partial charge in [0.05, 0.1) is 26.5 Å². The molecule has 0 saturated carbocycles. The third kappa shape index (κ3) is 3.24. The van der Waals surface area contributed by atoms with E-state index < -0.39 is 0 Å². The highest BCUT2D eigenvalue weighted by molar-refractivity contribution is 5.42. The van der Waals surface area contributed by atoms with Crippen molar-refractivity contribution >= 4 is 0 Å². The molecule has 1 aromatic heterocycles. The van der Waals surface area contributed by atoms with Crippen LogP contribution in [-0.4, -0.2) is 31.0 Å². The summed E-state index contributed by atoms with van der Waals surface area (Å²) < 4.78 is 10.7. The lowest BCUT2D eigenvalue weighted by molar-refractivity contribution is 0.392. The van der Waals surface area contributed by atoms with Gasteiger partial charge in [0.25, 0.3) is 0 Å². The zero-order valence-electron chi connectivity index (χ0n) is 12.0. The molecule has 1 atom stereocenters. The molecule has 0 bridgehead atoms. The number of rotatable bonds is 6. The second-order valence-electron chi connectivity index (χ2n) is 4.31. The van der Waals surface area contributed by atoms with Gasteiger partial charge < -0.3 is 14.8 Å². The molecule has 1 heterocycles. The van der Waals surface area contributed by atoms with E-state index in [4.69, 9.17) is 9.47 Å². The first-order valence-corrected chi connectivity index (χ1v) is 6.51. The SMILES string of the molecule is CCNC(c1ccnnc1)c1cc(OC)cc(OC)c1. The van der Waals surface area contributed by atoms with Crippen molar-refractivity contribution in [3.8, 4) is 11.5 Å². The maximum atomic E-state index is 5.33. The quantitative estimate of drug-likeness (QED) is 0.874. The molecule has 0 spiro atoms. The summed E-state index contributed by atoms with van der Waals surface area (Å²) in [6.45, 7) is 2.91. The monoisotopic (exact) mass is 273 g/mol. The molecule has 0 aliphatic rings. The molecule has 0 radical (unpaired) electrons. The van der Waals surface area contributed by atoms with Gasteiger partial charge in [-0.15, -0.1) is 0 Å². The molecule has 1 aromatic carbocycles. The van der Waals surface area contributed by atoms with Crippen molar-refractivity contribution in [1.82, 2.24) is 15.5 Å². The largest absolute Gasteiger partial charge is 0.497 e. The van der Waals surface area contributed by atoms with Crippen LogP contribution in [-0.2, 0) is 0 Å². The molecule has 0 amide bonds. The molecule has 20 heavy (non-hydrogen) atoms. The second-order valence-corrected chi connectivity index (χ2v) is 4.31. The smallest absolute Gasteiger partial charge is 0.122 e. The Balaban J connectivity index is 2.43. The van der Waals surface area contributed by atoms with Gasteiger partial charge in [-0.3, -0.25) is 0 Å². The summed E-state index contributed by atoms with van der Waals surface area (Å²) in [4.78, 5) is 0. The van der Waals surface area contributed by atoms with Crippen molar-refractivity contribution in [2.24, 2.45) is 0 Å². The lowest BCUT2D eigenvalue weighted by Gasteiger charge is -2.19. The van der Waals surface area contributed by atoms with E-state index in [0.29, 0.717) is 0 Å². The number of ether oxygens (including phenoxy) is 2. The molecule has 1 unspecified atom stereocenters. The van der Waals surface area contributed by atoms with E-state index in [1.165, 1.54) is 0 Å². The van der Waals surface area contributed by atoms with E-state index in [2.05, 4.69) is 22.4 Å². The Labute approximate surface area is 118 Å². The Kier molecular flexibility index (Phi) is 4.90. The summed E-state index contributed by atoms with van der Waals surface area (Å²) in [5, 5.41) is 11.2. The molecule has 1 N–H and O–H groups in total. The molecule has 106 valence electrons. The minimum absolute atomic E-state index is 0.0273. The normalized spacial score (nSPS) is 11.9. The number of methoxy groups -OCH3 is 2. The molecule has 0 fully saturated rings. The van der Waals surface area contributed by atoms with E-state index in [1.54, 1.807) is 26.6 Å².